The second-order valence-electron chi connectivity index (χ2n) is 8.73. The topological polar surface area (TPSA) is 101 Å². The SMILES string of the molecule is O=C(Cn1cncn1)N1CCCCC2(CO)CCN(CC2)C(=O)c2ccccc2OCC1. The van der Waals surface area contributed by atoms with Crippen LogP contribution in [0.3, 0.4) is 0 Å². The van der Waals surface area contributed by atoms with Crippen LogP contribution in [0.5, 0.6) is 5.75 Å². The van der Waals surface area contributed by atoms with Crippen molar-refractivity contribution in [3.05, 3.63) is 42.5 Å². The van der Waals surface area contributed by atoms with Gasteiger partial charge in [-0.05, 0) is 43.2 Å². The third kappa shape index (κ3) is 5.09. The average molecular weight is 442 g/mol. The lowest BCUT2D eigenvalue weighted by molar-refractivity contribution is -0.132. The van der Waals surface area contributed by atoms with Crippen molar-refractivity contribution in [1.29, 1.82) is 0 Å². The maximum Gasteiger partial charge on any atom is 0.257 e. The van der Waals surface area contributed by atoms with Gasteiger partial charge >= 0.3 is 0 Å². The van der Waals surface area contributed by atoms with Crippen molar-refractivity contribution in [2.45, 2.75) is 38.6 Å². The lowest BCUT2D eigenvalue weighted by Crippen LogP contribution is -2.44. The number of ether oxygens (including phenoxy) is 1. The van der Waals surface area contributed by atoms with Crippen molar-refractivity contribution in [2.24, 2.45) is 5.41 Å². The third-order valence-electron chi connectivity index (χ3n) is 6.68. The number of benzene rings is 1. The van der Waals surface area contributed by atoms with Crippen LogP contribution < -0.4 is 4.74 Å². The number of aliphatic hydroxyl groups is 1. The number of hydrogen-bond acceptors (Lipinski definition) is 6. The minimum atomic E-state index is -0.150. The Morgan fingerprint density at radius 3 is 2.66 bits per heavy atom. The second kappa shape index (κ2) is 10.1. The average Bonchev–Trinajstić information content (AvgIpc) is 3.33. The van der Waals surface area contributed by atoms with E-state index in [0.29, 0.717) is 44.1 Å². The number of aromatic nitrogens is 3. The number of fused-ring (bicyclic) bond motifs is 9. The highest BCUT2D eigenvalue weighted by molar-refractivity contribution is 5.97. The summed E-state index contributed by atoms with van der Waals surface area (Å²) in [4.78, 5) is 33.6. The molecule has 0 atom stereocenters. The van der Waals surface area contributed by atoms with Gasteiger partial charge in [-0.15, -0.1) is 0 Å². The van der Waals surface area contributed by atoms with Crippen LogP contribution in [0.15, 0.2) is 36.9 Å². The minimum absolute atomic E-state index is 0.0406. The normalized spacial score (nSPS) is 19.6. The summed E-state index contributed by atoms with van der Waals surface area (Å²) in [7, 11) is 0. The fraction of sp³-hybridized carbons (Fsp3) is 0.565. The number of hydrogen-bond donors (Lipinski definition) is 1. The number of aliphatic hydroxyl groups excluding tert-OH is 1. The predicted molar refractivity (Wildman–Crippen MR) is 117 cm³/mol. The maximum absolute atomic E-state index is 13.2. The summed E-state index contributed by atoms with van der Waals surface area (Å²) in [5, 5.41) is 14.1. The van der Waals surface area contributed by atoms with E-state index in [4.69, 9.17) is 4.74 Å². The molecule has 1 aromatic heterocycles. The Balaban J connectivity index is 1.53. The molecule has 2 bridgehead atoms. The van der Waals surface area contributed by atoms with Crippen molar-refractivity contribution >= 4 is 11.8 Å². The Kier molecular flexibility index (Phi) is 7.04. The van der Waals surface area contributed by atoms with Crippen LogP contribution in [-0.2, 0) is 11.3 Å². The second-order valence-corrected chi connectivity index (χ2v) is 8.73. The van der Waals surface area contributed by atoms with Gasteiger partial charge in [-0.25, -0.2) is 9.67 Å². The van der Waals surface area contributed by atoms with Crippen LogP contribution in [0.4, 0.5) is 0 Å². The number of carbonyl (C=O) groups is 2. The van der Waals surface area contributed by atoms with Gasteiger partial charge in [0.15, 0.2) is 0 Å². The number of amides is 2. The first-order chi connectivity index (χ1) is 15.6. The first-order valence-electron chi connectivity index (χ1n) is 11.3. The molecule has 0 saturated carbocycles. The minimum Gasteiger partial charge on any atom is -0.491 e. The van der Waals surface area contributed by atoms with Crippen molar-refractivity contribution in [1.82, 2.24) is 24.6 Å². The maximum atomic E-state index is 13.2. The highest BCUT2D eigenvalue weighted by atomic mass is 16.5. The zero-order valence-electron chi connectivity index (χ0n) is 18.4. The Morgan fingerprint density at radius 2 is 1.91 bits per heavy atom. The van der Waals surface area contributed by atoms with E-state index in [0.717, 1.165) is 32.1 Å². The summed E-state index contributed by atoms with van der Waals surface area (Å²) in [5.74, 6) is 0.452. The summed E-state index contributed by atoms with van der Waals surface area (Å²) in [6, 6.07) is 7.28. The van der Waals surface area contributed by atoms with Crippen LogP contribution in [0.2, 0.25) is 0 Å². The Hall–Kier alpha value is -2.94. The molecule has 1 aromatic carbocycles. The molecule has 3 aliphatic rings. The molecule has 0 aliphatic carbocycles. The van der Waals surface area contributed by atoms with Crippen LogP contribution in [0.25, 0.3) is 0 Å². The van der Waals surface area contributed by atoms with Gasteiger partial charge in [-0.1, -0.05) is 18.6 Å². The molecule has 3 aliphatic heterocycles. The Morgan fingerprint density at radius 1 is 1.09 bits per heavy atom. The fourth-order valence-corrected chi connectivity index (χ4v) is 4.59. The van der Waals surface area contributed by atoms with Crippen molar-refractivity contribution in [3.8, 4) is 5.75 Å². The molecule has 32 heavy (non-hydrogen) atoms. The van der Waals surface area contributed by atoms with Crippen LogP contribution in [-0.4, -0.2) is 80.9 Å². The van der Waals surface area contributed by atoms with Crippen molar-refractivity contribution in [2.75, 3.05) is 39.4 Å². The molecule has 2 aromatic rings. The van der Waals surface area contributed by atoms with Gasteiger partial charge < -0.3 is 19.6 Å². The van der Waals surface area contributed by atoms with Crippen molar-refractivity contribution < 1.29 is 19.4 Å². The molecule has 5 rings (SSSR count). The number of nitrogens with zero attached hydrogens (tertiary/aromatic N) is 5. The lowest BCUT2D eigenvalue weighted by atomic mass is 9.75. The molecule has 2 amide bonds. The van der Waals surface area contributed by atoms with E-state index in [-0.39, 0.29) is 30.4 Å². The molecule has 1 saturated heterocycles. The van der Waals surface area contributed by atoms with Crippen LogP contribution >= 0.6 is 0 Å². The molecular formula is C23H31N5O4. The Bertz CT molecular complexity index is 909. The molecular weight excluding hydrogens is 410 g/mol. The molecule has 172 valence electrons. The van der Waals surface area contributed by atoms with E-state index in [9.17, 15) is 14.7 Å². The highest BCUT2D eigenvalue weighted by Gasteiger charge is 2.36. The van der Waals surface area contributed by atoms with Gasteiger partial charge in [0.25, 0.3) is 5.91 Å². The van der Waals surface area contributed by atoms with Gasteiger partial charge in [0.05, 0.1) is 12.1 Å². The number of piperidine rings is 1. The molecule has 9 heteroatoms. The molecule has 1 N–H and O–H groups in total. The van der Waals surface area contributed by atoms with E-state index < -0.39 is 0 Å². The summed E-state index contributed by atoms with van der Waals surface area (Å²) in [6.45, 7) is 2.87. The molecule has 0 unspecified atom stereocenters. The van der Waals surface area contributed by atoms with E-state index in [1.54, 1.807) is 17.0 Å². The van der Waals surface area contributed by atoms with Crippen LogP contribution in [0, 0.1) is 5.41 Å². The standard InChI is InChI=1S/C23H31N5O4/c29-16-23-7-3-4-10-26(21(30)15-28-18-24-17-25-28)13-14-32-20-6-2-1-5-19(20)22(31)27(11-8-23)12-9-23/h1-2,5-6,17-18,29H,3-4,7-16H2. The zero-order chi connectivity index (χ0) is 22.4. The van der Waals surface area contributed by atoms with E-state index >= 15 is 0 Å². The molecule has 0 radical (unpaired) electrons. The van der Waals surface area contributed by atoms with Gasteiger partial charge in [-0.3, -0.25) is 9.59 Å². The first-order valence-corrected chi connectivity index (χ1v) is 11.3. The number of para-hydroxylation sites is 1. The predicted octanol–water partition coefficient (Wildman–Crippen LogP) is 1.58. The molecule has 1 fully saturated rings. The first kappa shape index (κ1) is 22.3. The largest absolute Gasteiger partial charge is 0.491 e. The van der Waals surface area contributed by atoms with Crippen LogP contribution in [0.1, 0.15) is 42.5 Å². The summed E-state index contributed by atoms with van der Waals surface area (Å²) < 4.78 is 7.49. The fourth-order valence-electron chi connectivity index (χ4n) is 4.59. The third-order valence-corrected chi connectivity index (χ3v) is 6.68. The smallest absolute Gasteiger partial charge is 0.257 e. The summed E-state index contributed by atoms with van der Waals surface area (Å²) in [5.41, 5.74) is 0.391. The molecule has 4 heterocycles. The van der Waals surface area contributed by atoms with E-state index in [1.165, 1.54) is 17.3 Å². The summed E-state index contributed by atoms with van der Waals surface area (Å²) >= 11 is 0. The quantitative estimate of drug-likeness (QED) is 0.776. The van der Waals surface area contributed by atoms with E-state index in [1.807, 2.05) is 17.0 Å². The Labute approximate surface area is 188 Å². The molecule has 0 spiro atoms. The lowest BCUT2D eigenvalue weighted by Gasteiger charge is -2.41. The van der Waals surface area contributed by atoms with Crippen molar-refractivity contribution in [3.63, 3.8) is 0 Å². The van der Waals surface area contributed by atoms with Gasteiger partial charge in [-0.2, -0.15) is 5.10 Å². The van der Waals surface area contributed by atoms with Gasteiger partial charge in [0, 0.05) is 26.2 Å². The zero-order valence-corrected chi connectivity index (χ0v) is 18.4. The molecule has 9 nitrogen and oxygen atoms in total. The number of rotatable bonds is 3. The number of carbonyl (C=O) groups excluding carboxylic acids is 2. The van der Waals surface area contributed by atoms with Gasteiger partial charge in [0.1, 0.15) is 31.6 Å². The highest BCUT2D eigenvalue weighted by Crippen LogP contribution is 2.37. The van der Waals surface area contributed by atoms with Gasteiger partial charge in [0.2, 0.25) is 5.91 Å². The summed E-state index contributed by atoms with van der Waals surface area (Å²) in [6.07, 6.45) is 7.17. The monoisotopic (exact) mass is 441 g/mol. The van der Waals surface area contributed by atoms with E-state index in [2.05, 4.69) is 10.1 Å².